The van der Waals surface area contributed by atoms with Gasteiger partial charge in [-0.05, 0) is 36.1 Å². The molecule has 2 N–H and O–H groups in total. The van der Waals surface area contributed by atoms with Gasteiger partial charge in [0.1, 0.15) is 6.04 Å². The Morgan fingerprint density at radius 1 is 1.24 bits per heavy atom. The van der Waals surface area contributed by atoms with Crippen LogP contribution in [0, 0.1) is 0 Å². The second-order valence-electron chi connectivity index (χ2n) is 4.50. The molecule has 21 heavy (non-hydrogen) atoms. The zero-order valence-corrected chi connectivity index (χ0v) is 11.8. The largest absolute Gasteiger partial charge is 0.480 e. The van der Waals surface area contributed by atoms with E-state index in [1.54, 1.807) is 0 Å². The van der Waals surface area contributed by atoms with Crippen molar-refractivity contribution in [3.05, 3.63) is 59.0 Å². The van der Waals surface area contributed by atoms with Crippen molar-refractivity contribution < 1.29 is 19.1 Å². The molecule has 1 aromatic heterocycles. The van der Waals surface area contributed by atoms with Crippen molar-refractivity contribution in [2.45, 2.75) is 18.9 Å². The Kier molecular flexibility index (Phi) is 5.00. The van der Waals surface area contributed by atoms with Gasteiger partial charge in [-0.3, -0.25) is 4.79 Å². The van der Waals surface area contributed by atoms with Crippen LogP contribution in [0.2, 0.25) is 5.22 Å². The molecule has 2 rings (SSSR count). The summed E-state index contributed by atoms with van der Waals surface area (Å²) in [6.07, 6.45) is 2.12. The molecule has 6 heteroatoms. The van der Waals surface area contributed by atoms with Gasteiger partial charge in [0, 0.05) is 0 Å². The fourth-order valence-electron chi connectivity index (χ4n) is 1.90. The van der Waals surface area contributed by atoms with E-state index in [9.17, 15) is 14.7 Å². The highest BCUT2D eigenvalue weighted by Gasteiger charge is 2.22. The number of amides is 1. The summed E-state index contributed by atoms with van der Waals surface area (Å²) in [7, 11) is 0. The minimum atomic E-state index is -1.08. The van der Waals surface area contributed by atoms with Crippen molar-refractivity contribution in [3.63, 3.8) is 0 Å². The predicted molar refractivity (Wildman–Crippen MR) is 77.4 cm³/mol. The first-order valence-electron chi connectivity index (χ1n) is 6.38. The van der Waals surface area contributed by atoms with E-state index in [0.717, 1.165) is 5.56 Å². The summed E-state index contributed by atoms with van der Waals surface area (Å²) >= 11 is 5.70. The molecule has 0 fully saturated rings. The molecule has 0 aliphatic rings. The van der Waals surface area contributed by atoms with Crippen molar-refractivity contribution in [2.75, 3.05) is 0 Å². The number of carboxylic acid groups (broad SMARTS) is 1. The first-order chi connectivity index (χ1) is 10.1. The second-order valence-corrected chi connectivity index (χ2v) is 4.84. The summed E-state index contributed by atoms with van der Waals surface area (Å²) in [6, 6.07) is 9.89. The number of benzene rings is 1. The van der Waals surface area contributed by atoms with Crippen LogP contribution in [-0.4, -0.2) is 23.0 Å². The molecule has 0 aliphatic heterocycles. The lowest BCUT2D eigenvalue weighted by molar-refractivity contribution is -0.139. The Bertz CT molecular complexity index is 624. The van der Waals surface area contributed by atoms with E-state index in [1.165, 1.54) is 12.3 Å². The highest BCUT2D eigenvalue weighted by Crippen LogP contribution is 2.16. The van der Waals surface area contributed by atoms with Crippen molar-refractivity contribution in [1.29, 1.82) is 0 Å². The molecule has 1 amide bonds. The fourth-order valence-corrected chi connectivity index (χ4v) is 2.11. The fraction of sp³-hybridized carbons (Fsp3) is 0.200. The average Bonchev–Trinajstić information content (AvgIpc) is 2.90. The molecule has 1 atom stereocenters. The van der Waals surface area contributed by atoms with Crippen LogP contribution in [0.4, 0.5) is 0 Å². The molecule has 0 radical (unpaired) electrons. The number of nitrogens with one attached hydrogen (secondary N) is 1. The first kappa shape index (κ1) is 15.1. The van der Waals surface area contributed by atoms with Gasteiger partial charge in [0.2, 0.25) is 5.22 Å². The van der Waals surface area contributed by atoms with Crippen molar-refractivity contribution in [1.82, 2.24) is 5.32 Å². The van der Waals surface area contributed by atoms with Gasteiger partial charge in [0.25, 0.3) is 5.91 Å². The van der Waals surface area contributed by atoms with Gasteiger partial charge in [-0.2, -0.15) is 0 Å². The van der Waals surface area contributed by atoms with Crippen LogP contribution >= 0.6 is 11.6 Å². The summed E-state index contributed by atoms with van der Waals surface area (Å²) in [6.45, 7) is 0. The number of furan rings is 1. The van der Waals surface area contributed by atoms with Gasteiger partial charge >= 0.3 is 5.97 Å². The standard InChI is InChI=1S/C15H14ClNO4/c16-13-11(8-9-21-13)14(18)17-12(15(19)20)7-6-10-4-2-1-3-5-10/h1-5,8-9,12H,6-7H2,(H,17,18)(H,19,20). The topological polar surface area (TPSA) is 79.5 Å². The highest BCUT2D eigenvalue weighted by atomic mass is 35.5. The molecule has 0 aliphatic carbocycles. The lowest BCUT2D eigenvalue weighted by atomic mass is 10.1. The van der Waals surface area contributed by atoms with E-state index < -0.39 is 17.9 Å². The van der Waals surface area contributed by atoms with Crippen LogP contribution in [0.25, 0.3) is 0 Å². The minimum Gasteiger partial charge on any atom is -0.480 e. The van der Waals surface area contributed by atoms with E-state index in [2.05, 4.69) is 5.32 Å². The monoisotopic (exact) mass is 307 g/mol. The maximum atomic E-state index is 11.9. The lowest BCUT2D eigenvalue weighted by Crippen LogP contribution is -2.41. The zero-order valence-electron chi connectivity index (χ0n) is 11.1. The number of carboxylic acids is 1. The van der Waals surface area contributed by atoms with Crippen molar-refractivity contribution >= 4 is 23.5 Å². The average molecular weight is 308 g/mol. The Balaban J connectivity index is 1.98. The number of hydrogen-bond acceptors (Lipinski definition) is 3. The Morgan fingerprint density at radius 3 is 2.52 bits per heavy atom. The predicted octanol–water partition coefficient (Wildman–Crippen LogP) is 2.75. The molecule has 110 valence electrons. The molecular formula is C15H14ClNO4. The van der Waals surface area contributed by atoms with Crippen LogP contribution < -0.4 is 5.32 Å². The van der Waals surface area contributed by atoms with Gasteiger partial charge in [-0.15, -0.1) is 0 Å². The minimum absolute atomic E-state index is 0.0558. The number of carbonyl (C=O) groups is 2. The molecule has 0 bridgehead atoms. The number of aliphatic carboxylic acids is 1. The lowest BCUT2D eigenvalue weighted by Gasteiger charge is -2.14. The second kappa shape index (κ2) is 6.95. The number of rotatable bonds is 6. The van der Waals surface area contributed by atoms with Gasteiger partial charge in [0.15, 0.2) is 0 Å². The summed E-state index contributed by atoms with van der Waals surface area (Å²) in [5.74, 6) is -1.65. The smallest absolute Gasteiger partial charge is 0.326 e. The number of hydrogen-bond donors (Lipinski definition) is 2. The van der Waals surface area contributed by atoms with E-state index in [4.69, 9.17) is 16.0 Å². The molecule has 0 saturated heterocycles. The summed E-state index contributed by atoms with van der Waals surface area (Å²) < 4.78 is 4.81. The van der Waals surface area contributed by atoms with Crippen LogP contribution in [0.5, 0.6) is 0 Å². The van der Waals surface area contributed by atoms with Crippen LogP contribution in [0.3, 0.4) is 0 Å². The number of carbonyl (C=O) groups excluding carboxylic acids is 1. The molecule has 5 nitrogen and oxygen atoms in total. The highest BCUT2D eigenvalue weighted by molar-refractivity contribution is 6.32. The normalized spacial score (nSPS) is 11.9. The summed E-state index contributed by atoms with van der Waals surface area (Å²) in [5.41, 5.74) is 1.14. The molecule has 1 heterocycles. The first-order valence-corrected chi connectivity index (χ1v) is 6.76. The van der Waals surface area contributed by atoms with Gasteiger partial charge in [-0.1, -0.05) is 30.3 Å². The maximum Gasteiger partial charge on any atom is 0.326 e. The summed E-state index contributed by atoms with van der Waals surface area (Å²) in [4.78, 5) is 23.2. The molecule has 0 spiro atoms. The maximum absolute atomic E-state index is 11.9. The van der Waals surface area contributed by atoms with E-state index in [1.807, 2.05) is 30.3 Å². The van der Waals surface area contributed by atoms with Gasteiger partial charge < -0.3 is 14.8 Å². The van der Waals surface area contributed by atoms with E-state index in [-0.39, 0.29) is 10.8 Å². The van der Waals surface area contributed by atoms with Crippen LogP contribution in [-0.2, 0) is 11.2 Å². The Morgan fingerprint density at radius 2 is 1.95 bits per heavy atom. The van der Waals surface area contributed by atoms with Crippen LogP contribution in [0.1, 0.15) is 22.3 Å². The third-order valence-corrected chi connectivity index (χ3v) is 3.32. The van der Waals surface area contributed by atoms with Gasteiger partial charge in [0.05, 0.1) is 11.8 Å². The molecule has 1 unspecified atom stereocenters. The molecule has 1 aromatic carbocycles. The van der Waals surface area contributed by atoms with E-state index >= 15 is 0 Å². The van der Waals surface area contributed by atoms with E-state index in [0.29, 0.717) is 12.8 Å². The van der Waals surface area contributed by atoms with Crippen LogP contribution in [0.15, 0.2) is 47.1 Å². The van der Waals surface area contributed by atoms with Crippen molar-refractivity contribution in [3.8, 4) is 0 Å². The Labute approximate surface area is 126 Å². The Hall–Kier alpha value is -2.27. The zero-order chi connectivity index (χ0) is 15.2. The quantitative estimate of drug-likeness (QED) is 0.860. The third kappa shape index (κ3) is 4.10. The van der Waals surface area contributed by atoms with Gasteiger partial charge in [-0.25, -0.2) is 4.79 Å². The molecule has 2 aromatic rings. The van der Waals surface area contributed by atoms with Crippen molar-refractivity contribution in [2.24, 2.45) is 0 Å². The number of aryl methyl sites for hydroxylation is 1. The summed E-state index contributed by atoms with van der Waals surface area (Å²) in [5, 5.41) is 11.6. The number of halogens is 1. The third-order valence-electron chi connectivity index (χ3n) is 3.03. The molecule has 0 saturated carbocycles. The SMILES string of the molecule is O=C(NC(CCc1ccccc1)C(=O)O)c1ccoc1Cl. The molecular weight excluding hydrogens is 294 g/mol.